The number of hydrogen-bond acceptors (Lipinski definition) is 4. The number of nitrogens with one attached hydrogen (secondary N) is 1. The van der Waals surface area contributed by atoms with Crippen molar-refractivity contribution in [3.8, 4) is 0 Å². The number of amides is 1. The number of fused-ring (bicyclic) bond motifs is 1. The molecule has 1 saturated heterocycles. The number of aromatic amines is 1. The number of imidazole rings is 1. The predicted octanol–water partition coefficient (Wildman–Crippen LogP) is 2.48. The number of aromatic nitrogens is 3. The second-order valence-corrected chi connectivity index (χ2v) is 5.95. The molecule has 1 N–H and O–H groups in total. The van der Waals surface area contributed by atoms with Crippen LogP contribution in [0, 0.1) is 6.92 Å². The highest BCUT2D eigenvalue weighted by molar-refractivity contribution is 5.98. The molecule has 1 atom stereocenters. The Morgan fingerprint density at radius 3 is 3.08 bits per heavy atom. The maximum atomic E-state index is 13.0. The zero-order chi connectivity index (χ0) is 16.5. The van der Waals surface area contributed by atoms with Crippen molar-refractivity contribution >= 4 is 16.8 Å². The van der Waals surface area contributed by atoms with Gasteiger partial charge in [-0.1, -0.05) is 6.07 Å². The minimum atomic E-state index is -0.190. The molecule has 3 heterocycles. The number of rotatable bonds is 2. The van der Waals surface area contributed by atoms with Crippen molar-refractivity contribution in [3.63, 3.8) is 0 Å². The smallest absolute Gasteiger partial charge is 0.254 e. The number of H-pyrrole nitrogens is 1. The molecule has 6 nitrogen and oxygen atoms in total. The summed E-state index contributed by atoms with van der Waals surface area (Å²) in [4.78, 5) is 26.8. The molecule has 4 rings (SSSR count). The van der Waals surface area contributed by atoms with E-state index in [9.17, 15) is 4.79 Å². The fraction of sp³-hybridized carbons (Fsp3) is 0.278. The largest absolute Gasteiger partial charge is 0.377 e. The van der Waals surface area contributed by atoms with Crippen LogP contribution in [0.2, 0.25) is 0 Å². The molecule has 0 bridgehead atoms. The van der Waals surface area contributed by atoms with Crippen molar-refractivity contribution in [2.45, 2.75) is 13.0 Å². The molecule has 2 aromatic heterocycles. The highest BCUT2D eigenvalue weighted by Gasteiger charge is 2.31. The Bertz CT molecular complexity index is 889. The third-order valence-electron chi connectivity index (χ3n) is 4.28. The third kappa shape index (κ3) is 2.65. The Morgan fingerprint density at radius 1 is 1.33 bits per heavy atom. The first-order chi connectivity index (χ1) is 11.7. The molecule has 1 amide bonds. The first-order valence-electron chi connectivity index (χ1n) is 7.97. The molecule has 1 aromatic carbocycles. The molecule has 122 valence electrons. The molecule has 24 heavy (non-hydrogen) atoms. The number of carbonyl (C=O) groups is 1. The van der Waals surface area contributed by atoms with Crippen LogP contribution in [-0.4, -0.2) is 45.5 Å². The number of morpholine rings is 1. The van der Waals surface area contributed by atoms with E-state index in [1.54, 1.807) is 12.4 Å². The molecule has 1 aliphatic heterocycles. The van der Waals surface area contributed by atoms with Crippen LogP contribution in [0.1, 0.15) is 27.9 Å². The van der Waals surface area contributed by atoms with Gasteiger partial charge in [-0.25, -0.2) is 4.98 Å². The van der Waals surface area contributed by atoms with Crippen molar-refractivity contribution in [3.05, 3.63) is 59.8 Å². The second kappa shape index (κ2) is 6.05. The van der Waals surface area contributed by atoms with E-state index in [0.29, 0.717) is 25.3 Å². The lowest BCUT2D eigenvalue weighted by molar-refractivity contribution is -0.00500. The third-order valence-corrected chi connectivity index (χ3v) is 4.28. The van der Waals surface area contributed by atoms with Crippen molar-refractivity contribution < 1.29 is 9.53 Å². The van der Waals surface area contributed by atoms with Gasteiger partial charge in [0.2, 0.25) is 0 Å². The van der Waals surface area contributed by atoms with Gasteiger partial charge in [-0.15, -0.1) is 0 Å². The van der Waals surface area contributed by atoms with Gasteiger partial charge in [0.25, 0.3) is 5.91 Å². The number of hydrogen-bond donors (Lipinski definition) is 1. The summed E-state index contributed by atoms with van der Waals surface area (Å²) in [7, 11) is 0. The summed E-state index contributed by atoms with van der Waals surface area (Å²) in [5.74, 6) is 0.756. The van der Waals surface area contributed by atoms with E-state index in [2.05, 4.69) is 15.0 Å². The minimum absolute atomic E-state index is 0.0110. The number of benzene rings is 1. The summed E-state index contributed by atoms with van der Waals surface area (Å²) in [6.45, 7) is 3.49. The van der Waals surface area contributed by atoms with Gasteiger partial charge < -0.3 is 14.6 Å². The van der Waals surface area contributed by atoms with Crippen molar-refractivity contribution in [1.82, 2.24) is 19.9 Å². The molecule has 0 saturated carbocycles. The topological polar surface area (TPSA) is 71.1 Å². The summed E-state index contributed by atoms with van der Waals surface area (Å²) >= 11 is 0. The molecule has 0 radical (unpaired) electrons. The van der Waals surface area contributed by atoms with Crippen LogP contribution in [0.3, 0.4) is 0 Å². The zero-order valence-electron chi connectivity index (χ0n) is 13.4. The Kier molecular flexibility index (Phi) is 3.74. The van der Waals surface area contributed by atoms with Gasteiger partial charge in [0.05, 0.1) is 18.7 Å². The van der Waals surface area contributed by atoms with Crippen molar-refractivity contribution in [1.29, 1.82) is 0 Å². The van der Waals surface area contributed by atoms with E-state index in [1.807, 2.05) is 42.2 Å². The maximum Gasteiger partial charge on any atom is 0.254 e. The van der Waals surface area contributed by atoms with Crippen molar-refractivity contribution in [2.75, 3.05) is 19.8 Å². The lowest BCUT2D eigenvalue weighted by Crippen LogP contribution is -2.43. The average Bonchev–Trinajstić information content (AvgIpc) is 3.07. The highest BCUT2D eigenvalue weighted by atomic mass is 16.5. The van der Waals surface area contributed by atoms with E-state index in [0.717, 1.165) is 22.4 Å². The van der Waals surface area contributed by atoms with Crippen LogP contribution < -0.4 is 0 Å². The maximum absolute atomic E-state index is 13.0. The molecule has 1 fully saturated rings. The number of nitrogens with zero attached hydrogens (tertiary/aromatic N) is 3. The Morgan fingerprint density at radius 2 is 2.25 bits per heavy atom. The highest BCUT2D eigenvalue weighted by Crippen LogP contribution is 2.25. The normalized spacial score (nSPS) is 18.0. The number of ether oxygens (including phenoxy) is 1. The van der Waals surface area contributed by atoms with E-state index in [1.165, 1.54) is 0 Å². The van der Waals surface area contributed by atoms with E-state index in [4.69, 9.17) is 4.74 Å². The van der Waals surface area contributed by atoms with Gasteiger partial charge in [-0.3, -0.25) is 9.78 Å². The fourth-order valence-corrected chi connectivity index (χ4v) is 3.05. The van der Waals surface area contributed by atoms with E-state index in [-0.39, 0.29) is 11.9 Å². The van der Waals surface area contributed by atoms with Crippen LogP contribution >= 0.6 is 0 Å². The Hall–Kier alpha value is -2.73. The first-order valence-corrected chi connectivity index (χ1v) is 7.97. The Labute approximate surface area is 139 Å². The SMILES string of the molecule is Cc1cnc([C@H]2COCCN2C(=O)c2ccc3ncccc3c2)[nH]1. The summed E-state index contributed by atoms with van der Waals surface area (Å²) in [5.41, 5.74) is 2.51. The Balaban J connectivity index is 1.67. The van der Waals surface area contributed by atoms with Gasteiger partial charge in [-0.2, -0.15) is 0 Å². The molecule has 6 heteroatoms. The summed E-state index contributed by atoms with van der Waals surface area (Å²) < 4.78 is 5.57. The lowest BCUT2D eigenvalue weighted by Gasteiger charge is -2.34. The van der Waals surface area contributed by atoms with E-state index >= 15 is 0 Å². The summed E-state index contributed by atoms with van der Waals surface area (Å²) in [6.07, 6.45) is 3.52. The molecule has 0 spiro atoms. The lowest BCUT2D eigenvalue weighted by atomic mass is 10.1. The van der Waals surface area contributed by atoms with Crippen LogP contribution in [0.25, 0.3) is 10.9 Å². The number of aryl methyl sites for hydroxylation is 1. The zero-order valence-corrected chi connectivity index (χ0v) is 13.4. The number of pyridine rings is 1. The predicted molar refractivity (Wildman–Crippen MR) is 89.7 cm³/mol. The monoisotopic (exact) mass is 322 g/mol. The molecule has 0 unspecified atom stereocenters. The quantitative estimate of drug-likeness (QED) is 0.787. The van der Waals surface area contributed by atoms with Crippen LogP contribution in [-0.2, 0) is 4.74 Å². The standard InChI is InChI=1S/C18H18N4O2/c1-12-10-20-17(21-12)16-11-24-8-7-22(16)18(23)14-4-5-15-13(9-14)3-2-6-19-15/h2-6,9-10,16H,7-8,11H2,1H3,(H,20,21)/t16-/m1/s1. The van der Waals surface area contributed by atoms with Gasteiger partial charge in [-0.05, 0) is 31.2 Å². The first kappa shape index (κ1) is 14.8. The molecule has 3 aromatic rings. The summed E-state index contributed by atoms with van der Waals surface area (Å²) in [5, 5.41) is 0.960. The molecular weight excluding hydrogens is 304 g/mol. The van der Waals surface area contributed by atoms with Gasteiger partial charge in [0, 0.05) is 35.6 Å². The van der Waals surface area contributed by atoms with Crippen LogP contribution in [0.15, 0.2) is 42.7 Å². The van der Waals surface area contributed by atoms with Crippen molar-refractivity contribution in [2.24, 2.45) is 0 Å². The van der Waals surface area contributed by atoms with E-state index < -0.39 is 0 Å². The number of carbonyl (C=O) groups excluding carboxylic acids is 1. The fourth-order valence-electron chi connectivity index (χ4n) is 3.05. The summed E-state index contributed by atoms with van der Waals surface area (Å²) in [6, 6.07) is 9.26. The van der Waals surface area contributed by atoms with Crippen LogP contribution in [0.4, 0.5) is 0 Å². The second-order valence-electron chi connectivity index (χ2n) is 5.95. The average molecular weight is 322 g/mol. The molecule has 1 aliphatic rings. The van der Waals surface area contributed by atoms with Gasteiger partial charge >= 0.3 is 0 Å². The van der Waals surface area contributed by atoms with Gasteiger partial charge in [0.1, 0.15) is 11.9 Å². The van der Waals surface area contributed by atoms with Gasteiger partial charge in [0.15, 0.2) is 0 Å². The molecular formula is C18H18N4O2. The minimum Gasteiger partial charge on any atom is -0.377 e. The van der Waals surface area contributed by atoms with Crippen LogP contribution in [0.5, 0.6) is 0 Å². The molecule has 0 aliphatic carbocycles.